The summed E-state index contributed by atoms with van der Waals surface area (Å²) in [5.41, 5.74) is 0. The quantitative estimate of drug-likeness (QED) is 0.659. The number of halogens is 2. The molecule has 0 spiro atoms. The molecule has 1 heterocycles. The van der Waals surface area contributed by atoms with E-state index < -0.39 is 13.0 Å². The number of likely N-dealkylation sites (tertiary alicyclic amines) is 1. The summed E-state index contributed by atoms with van der Waals surface area (Å²) in [4.78, 5) is 27.8. The maximum atomic E-state index is 12.7. The Morgan fingerprint density at radius 1 is 1.22 bits per heavy atom. The molecule has 0 N–H and O–H groups in total. The zero-order valence-electron chi connectivity index (χ0n) is 15.8. The molecule has 150 valence electrons. The standard InChI is InChI=1S/C20H28F2N2O3/c1-2-11-24(15-18(21)22)20(26)16-8-12-23(13-9-16)19(25)10-14-27-17-6-4-3-5-7-17/h3-7,16,18H,2,8-15H2,1H3. The fraction of sp³-hybridized carbons (Fsp3) is 0.600. The number of rotatable bonds is 9. The molecule has 0 bridgehead atoms. The van der Waals surface area contributed by atoms with E-state index in [1.807, 2.05) is 37.3 Å². The Labute approximate surface area is 159 Å². The van der Waals surface area contributed by atoms with Gasteiger partial charge in [-0.05, 0) is 31.4 Å². The van der Waals surface area contributed by atoms with Crippen LogP contribution in [0.2, 0.25) is 0 Å². The predicted octanol–water partition coefficient (Wildman–Crippen LogP) is 3.20. The van der Waals surface area contributed by atoms with E-state index in [0.717, 1.165) is 5.75 Å². The molecule has 27 heavy (non-hydrogen) atoms. The van der Waals surface area contributed by atoms with E-state index in [-0.39, 0.29) is 24.2 Å². The third-order valence-corrected chi connectivity index (χ3v) is 4.69. The molecule has 2 amide bonds. The van der Waals surface area contributed by atoms with E-state index in [1.54, 1.807) is 4.90 Å². The van der Waals surface area contributed by atoms with Gasteiger partial charge in [-0.25, -0.2) is 8.78 Å². The van der Waals surface area contributed by atoms with Crippen molar-refractivity contribution < 1.29 is 23.1 Å². The molecular weight excluding hydrogens is 354 g/mol. The molecule has 1 saturated heterocycles. The number of carbonyl (C=O) groups excluding carboxylic acids is 2. The Morgan fingerprint density at radius 2 is 1.89 bits per heavy atom. The third-order valence-electron chi connectivity index (χ3n) is 4.69. The molecule has 1 aromatic carbocycles. The summed E-state index contributed by atoms with van der Waals surface area (Å²) >= 11 is 0. The largest absolute Gasteiger partial charge is 0.493 e. The van der Waals surface area contributed by atoms with Crippen LogP contribution in [-0.2, 0) is 9.59 Å². The van der Waals surface area contributed by atoms with Crippen molar-refractivity contribution in [1.29, 1.82) is 0 Å². The van der Waals surface area contributed by atoms with Crippen LogP contribution in [-0.4, -0.2) is 60.8 Å². The highest BCUT2D eigenvalue weighted by molar-refractivity contribution is 5.80. The van der Waals surface area contributed by atoms with Gasteiger partial charge in [-0.3, -0.25) is 9.59 Å². The van der Waals surface area contributed by atoms with Gasteiger partial charge in [0.2, 0.25) is 11.8 Å². The van der Waals surface area contributed by atoms with E-state index >= 15 is 0 Å². The molecule has 0 radical (unpaired) electrons. The first-order valence-corrected chi connectivity index (χ1v) is 9.53. The first-order chi connectivity index (χ1) is 13.0. The highest BCUT2D eigenvalue weighted by Gasteiger charge is 2.30. The fourth-order valence-electron chi connectivity index (χ4n) is 3.29. The molecule has 0 unspecified atom stereocenters. The minimum atomic E-state index is -2.52. The Morgan fingerprint density at radius 3 is 2.48 bits per heavy atom. The average Bonchev–Trinajstić information content (AvgIpc) is 2.67. The smallest absolute Gasteiger partial charge is 0.255 e. The van der Waals surface area contributed by atoms with Crippen LogP contribution >= 0.6 is 0 Å². The van der Waals surface area contributed by atoms with Crippen molar-refractivity contribution in [1.82, 2.24) is 9.80 Å². The number of amides is 2. The number of para-hydroxylation sites is 1. The van der Waals surface area contributed by atoms with Crippen molar-refractivity contribution in [2.75, 3.05) is 32.8 Å². The average molecular weight is 382 g/mol. The fourth-order valence-corrected chi connectivity index (χ4v) is 3.29. The second kappa shape index (κ2) is 10.8. The summed E-state index contributed by atoms with van der Waals surface area (Å²) in [5, 5.41) is 0. The second-order valence-corrected chi connectivity index (χ2v) is 6.74. The van der Waals surface area contributed by atoms with Gasteiger partial charge >= 0.3 is 0 Å². The molecule has 0 saturated carbocycles. The van der Waals surface area contributed by atoms with Crippen LogP contribution in [0.15, 0.2) is 30.3 Å². The van der Waals surface area contributed by atoms with Crippen LogP contribution in [0, 0.1) is 5.92 Å². The van der Waals surface area contributed by atoms with E-state index in [9.17, 15) is 18.4 Å². The monoisotopic (exact) mass is 382 g/mol. The molecule has 1 aliphatic heterocycles. The third kappa shape index (κ3) is 6.81. The number of hydrogen-bond donors (Lipinski definition) is 0. The highest BCUT2D eigenvalue weighted by atomic mass is 19.3. The van der Waals surface area contributed by atoms with Crippen molar-refractivity contribution in [3.05, 3.63) is 30.3 Å². The van der Waals surface area contributed by atoms with Gasteiger partial charge in [0.05, 0.1) is 19.6 Å². The van der Waals surface area contributed by atoms with Crippen LogP contribution in [0.5, 0.6) is 5.75 Å². The van der Waals surface area contributed by atoms with E-state index in [2.05, 4.69) is 0 Å². The zero-order valence-corrected chi connectivity index (χ0v) is 15.8. The lowest BCUT2D eigenvalue weighted by Crippen LogP contribution is -2.46. The highest BCUT2D eigenvalue weighted by Crippen LogP contribution is 2.21. The number of carbonyl (C=O) groups is 2. The predicted molar refractivity (Wildman–Crippen MR) is 98.7 cm³/mol. The normalized spacial score (nSPS) is 15.0. The van der Waals surface area contributed by atoms with Crippen molar-refractivity contribution in [2.24, 2.45) is 5.92 Å². The molecule has 5 nitrogen and oxygen atoms in total. The molecule has 1 aliphatic rings. The van der Waals surface area contributed by atoms with Crippen LogP contribution in [0.3, 0.4) is 0 Å². The zero-order chi connectivity index (χ0) is 19.6. The van der Waals surface area contributed by atoms with Crippen LogP contribution in [0.25, 0.3) is 0 Å². The maximum Gasteiger partial charge on any atom is 0.255 e. The summed E-state index contributed by atoms with van der Waals surface area (Å²) in [5.74, 6) is 0.232. The van der Waals surface area contributed by atoms with Gasteiger partial charge in [0.1, 0.15) is 5.75 Å². The number of benzene rings is 1. The Balaban J connectivity index is 1.74. The maximum absolute atomic E-state index is 12.7. The number of piperidine rings is 1. The molecule has 1 aromatic rings. The molecule has 7 heteroatoms. The summed E-state index contributed by atoms with van der Waals surface area (Å²) in [6.07, 6.45) is -0.550. The van der Waals surface area contributed by atoms with Crippen molar-refractivity contribution in [2.45, 2.75) is 39.0 Å². The molecular formula is C20H28F2N2O3. The lowest BCUT2D eigenvalue weighted by molar-refractivity contribution is -0.142. The summed E-state index contributed by atoms with van der Waals surface area (Å²) < 4.78 is 30.9. The van der Waals surface area contributed by atoms with Crippen molar-refractivity contribution in [3.8, 4) is 5.75 Å². The van der Waals surface area contributed by atoms with Gasteiger partial charge in [-0.1, -0.05) is 25.1 Å². The molecule has 0 atom stereocenters. The van der Waals surface area contributed by atoms with Crippen LogP contribution in [0.1, 0.15) is 32.6 Å². The second-order valence-electron chi connectivity index (χ2n) is 6.74. The van der Waals surface area contributed by atoms with Crippen molar-refractivity contribution in [3.63, 3.8) is 0 Å². The summed E-state index contributed by atoms with van der Waals surface area (Å²) in [7, 11) is 0. The van der Waals surface area contributed by atoms with E-state index in [0.29, 0.717) is 45.5 Å². The van der Waals surface area contributed by atoms with Crippen LogP contribution < -0.4 is 4.74 Å². The van der Waals surface area contributed by atoms with E-state index in [4.69, 9.17) is 4.74 Å². The van der Waals surface area contributed by atoms with Gasteiger partial charge < -0.3 is 14.5 Å². The topological polar surface area (TPSA) is 49.9 Å². The van der Waals surface area contributed by atoms with Gasteiger partial charge in [-0.2, -0.15) is 0 Å². The lowest BCUT2D eigenvalue weighted by Gasteiger charge is -2.34. The molecule has 1 fully saturated rings. The van der Waals surface area contributed by atoms with E-state index in [1.165, 1.54) is 4.90 Å². The Kier molecular flexibility index (Phi) is 8.48. The van der Waals surface area contributed by atoms with Gasteiger partial charge in [-0.15, -0.1) is 0 Å². The van der Waals surface area contributed by atoms with Crippen LogP contribution in [0.4, 0.5) is 8.78 Å². The SMILES string of the molecule is CCCN(CC(F)F)C(=O)C1CCN(C(=O)CCOc2ccccc2)CC1. The molecule has 2 rings (SSSR count). The Hall–Kier alpha value is -2.18. The number of hydrogen-bond acceptors (Lipinski definition) is 3. The van der Waals surface area contributed by atoms with Gasteiger partial charge in [0.15, 0.2) is 0 Å². The van der Waals surface area contributed by atoms with Gasteiger partial charge in [0, 0.05) is 25.6 Å². The number of alkyl halides is 2. The van der Waals surface area contributed by atoms with Crippen molar-refractivity contribution >= 4 is 11.8 Å². The lowest BCUT2D eigenvalue weighted by atomic mass is 9.95. The minimum Gasteiger partial charge on any atom is -0.493 e. The number of ether oxygens (including phenoxy) is 1. The first-order valence-electron chi connectivity index (χ1n) is 9.53. The number of nitrogens with zero attached hydrogens (tertiary/aromatic N) is 2. The molecule has 0 aliphatic carbocycles. The molecule has 0 aromatic heterocycles. The summed E-state index contributed by atoms with van der Waals surface area (Å²) in [6, 6.07) is 9.31. The van der Waals surface area contributed by atoms with Gasteiger partial charge in [0.25, 0.3) is 6.43 Å². The Bertz CT molecular complexity index is 590. The summed E-state index contributed by atoms with van der Waals surface area (Å²) in [6.45, 7) is 2.97. The first kappa shape index (κ1) is 21.1. The minimum absolute atomic E-state index is 0.00479.